The molecule has 0 aromatic carbocycles. The molecule has 0 aliphatic heterocycles. The number of nitrogens with two attached hydrogens (primary N) is 1. The topological polar surface area (TPSA) is 131 Å². The molecule has 10 heteroatoms. The third-order valence-corrected chi connectivity index (χ3v) is 2.74. The molecule has 0 saturated heterocycles. The van der Waals surface area contributed by atoms with Crippen LogP contribution in [0.2, 0.25) is 0 Å². The fraction of sp³-hybridized carbons (Fsp3) is 0.933. The lowest BCUT2D eigenvalue weighted by Crippen LogP contribution is -2.33. The van der Waals surface area contributed by atoms with Gasteiger partial charge in [-0.25, -0.2) is 0 Å². The zero-order chi connectivity index (χ0) is 18.6. The van der Waals surface area contributed by atoms with Crippen LogP contribution < -0.4 is 11.1 Å². The number of hydrogen-bond acceptors (Lipinski definition) is 10. The summed E-state index contributed by atoms with van der Waals surface area (Å²) in [5.74, 6) is -0.361. The van der Waals surface area contributed by atoms with Gasteiger partial charge in [0.2, 0.25) is 6.41 Å². The number of hydrogen-bond donors (Lipinski definition) is 3. The van der Waals surface area contributed by atoms with Gasteiger partial charge in [0.05, 0.1) is 59.3 Å². The molecule has 0 spiro atoms. The number of carbonyl (C=O) groups excluding carboxylic acids is 1. The van der Waals surface area contributed by atoms with E-state index in [1.54, 1.807) is 0 Å². The maximum absolute atomic E-state index is 11.4. The molecule has 0 heterocycles. The van der Waals surface area contributed by atoms with Crippen LogP contribution in [0, 0.1) is 0 Å². The van der Waals surface area contributed by atoms with E-state index in [-0.39, 0.29) is 25.6 Å². The minimum atomic E-state index is -1.06. The monoisotopic (exact) mass is 368 g/mol. The molecule has 25 heavy (non-hydrogen) atoms. The second-order valence-corrected chi connectivity index (χ2v) is 4.75. The Hall–Kier alpha value is -0.850. The summed E-state index contributed by atoms with van der Waals surface area (Å²) in [6.07, 6.45) is -0.893. The predicted molar refractivity (Wildman–Crippen MR) is 88.9 cm³/mol. The molecule has 0 aromatic heterocycles. The SMILES string of the molecule is COC(O)NCCOC(=O)CCOCCOCCOCCOCCN. The van der Waals surface area contributed by atoms with E-state index in [9.17, 15) is 4.79 Å². The van der Waals surface area contributed by atoms with Gasteiger partial charge in [0.1, 0.15) is 6.61 Å². The maximum Gasteiger partial charge on any atom is 0.308 e. The Bertz CT molecular complexity index is 297. The molecule has 0 saturated carbocycles. The first kappa shape index (κ1) is 24.1. The number of methoxy groups -OCH3 is 1. The highest BCUT2D eigenvalue weighted by atomic mass is 16.6. The largest absolute Gasteiger partial charge is 0.464 e. The molecule has 1 atom stereocenters. The second kappa shape index (κ2) is 19.5. The Labute approximate surface area is 148 Å². The lowest BCUT2D eigenvalue weighted by atomic mass is 10.4. The summed E-state index contributed by atoms with van der Waals surface area (Å²) in [6, 6.07) is 0. The number of aliphatic hydroxyl groups is 1. The first-order valence-corrected chi connectivity index (χ1v) is 8.31. The molecule has 0 aliphatic carbocycles. The van der Waals surface area contributed by atoms with E-state index in [1.165, 1.54) is 7.11 Å². The second-order valence-electron chi connectivity index (χ2n) is 4.75. The van der Waals surface area contributed by atoms with Crippen molar-refractivity contribution in [2.24, 2.45) is 5.73 Å². The van der Waals surface area contributed by atoms with E-state index in [4.69, 9.17) is 34.5 Å². The van der Waals surface area contributed by atoms with Gasteiger partial charge in [-0.1, -0.05) is 0 Å². The van der Waals surface area contributed by atoms with Crippen molar-refractivity contribution < 1.29 is 38.3 Å². The van der Waals surface area contributed by atoms with Crippen LogP contribution in [0.5, 0.6) is 0 Å². The quantitative estimate of drug-likeness (QED) is 0.140. The molecule has 0 aromatic rings. The minimum absolute atomic E-state index is 0.152. The molecular formula is C15H32N2O8. The fourth-order valence-corrected chi connectivity index (χ4v) is 1.50. The van der Waals surface area contributed by atoms with Gasteiger partial charge in [0, 0.05) is 20.2 Å². The van der Waals surface area contributed by atoms with Gasteiger partial charge >= 0.3 is 5.97 Å². The number of carbonyl (C=O) groups is 1. The van der Waals surface area contributed by atoms with Crippen LogP contribution in [0.4, 0.5) is 0 Å². The normalized spacial score (nSPS) is 12.3. The van der Waals surface area contributed by atoms with Crippen molar-refractivity contribution in [3.63, 3.8) is 0 Å². The number of nitrogens with one attached hydrogen (secondary N) is 1. The summed E-state index contributed by atoms with van der Waals surface area (Å²) in [6.45, 7) is 4.61. The van der Waals surface area contributed by atoms with Crippen molar-refractivity contribution in [1.82, 2.24) is 5.32 Å². The highest BCUT2D eigenvalue weighted by Gasteiger charge is 2.04. The molecular weight excluding hydrogens is 336 g/mol. The first-order chi connectivity index (χ1) is 12.2. The van der Waals surface area contributed by atoms with E-state index < -0.39 is 6.41 Å². The summed E-state index contributed by atoms with van der Waals surface area (Å²) < 4.78 is 30.5. The highest BCUT2D eigenvalue weighted by molar-refractivity contribution is 5.69. The Morgan fingerprint density at radius 3 is 1.96 bits per heavy atom. The van der Waals surface area contributed by atoms with Crippen LogP contribution in [-0.4, -0.2) is 97.2 Å². The van der Waals surface area contributed by atoms with Crippen molar-refractivity contribution in [1.29, 1.82) is 0 Å². The highest BCUT2D eigenvalue weighted by Crippen LogP contribution is 1.89. The summed E-state index contributed by atoms with van der Waals surface area (Å²) in [7, 11) is 1.36. The third kappa shape index (κ3) is 19.3. The number of rotatable bonds is 19. The van der Waals surface area contributed by atoms with Gasteiger partial charge in [0.15, 0.2) is 0 Å². The van der Waals surface area contributed by atoms with Gasteiger partial charge in [-0.05, 0) is 0 Å². The van der Waals surface area contributed by atoms with Crippen molar-refractivity contribution >= 4 is 5.97 Å². The smallest absolute Gasteiger partial charge is 0.308 e. The maximum atomic E-state index is 11.4. The van der Waals surface area contributed by atoms with Gasteiger partial charge in [-0.15, -0.1) is 0 Å². The van der Waals surface area contributed by atoms with Gasteiger partial charge in [-0.2, -0.15) is 0 Å². The van der Waals surface area contributed by atoms with Crippen LogP contribution in [-0.2, 0) is 33.2 Å². The Kier molecular flexibility index (Phi) is 18.8. The van der Waals surface area contributed by atoms with E-state index >= 15 is 0 Å². The fourth-order valence-electron chi connectivity index (χ4n) is 1.50. The molecule has 0 amide bonds. The average Bonchev–Trinajstić information content (AvgIpc) is 2.62. The van der Waals surface area contributed by atoms with Crippen molar-refractivity contribution in [3.05, 3.63) is 0 Å². The average molecular weight is 368 g/mol. The number of esters is 1. The zero-order valence-electron chi connectivity index (χ0n) is 14.9. The van der Waals surface area contributed by atoms with Crippen LogP contribution in [0.1, 0.15) is 6.42 Å². The Morgan fingerprint density at radius 1 is 0.920 bits per heavy atom. The molecule has 1 unspecified atom stereocenters. The molecule has 0 rings (SSSR count). The lowest BCUT2D eigenvalue weighted by Gasteiger charge is -2.10. The third-order valence-electron chi connectivity index (χ3n) is 2.74. The van der Waals surface area contributed by atoms with Crippen molar-refractivity contribution in [3.8, 4) is 0 Å². The molecule has 0 radical (unpaired) electrons. The van der Waals surface area contributed by atoms with Gasteiger partial charge < -0.3 is 39.3 Å². The minimum Gasteiger partial charge on any atom is -0.464 e. The molecule has 0 aliphatic rings. The summed E-state index contributed by atoms with van der Waals surface area (Å²) >= 11 is 0. The predicted octanol–water partition coefficient (Wildman–Crippen LogP) is -1.54. The van der Waals surface area contributed by atoms with E-state index in [1.807, 2.05) is 0 Å². The van der Waals surface area contributed by atoms with E-state index in [2.05, 4.69) is 10.1 Å². The van der Waals surface area contributed by atoms with Gasteiger partial charge in [0.25, 0.3) is 0 Å². The number of ether oxygens (including phenoxy) is 6. The lowest BCUT2D eigenvalue weighted by molar-refractivity contribution is -0.146. The molecule has 150 valence electrons. The van der Waals surface area contributed by atoms with Crippen molar-refractivity contribution in [2.45, 2.75) is 12.8 Å². The van der Waals surface area contributed by atoms with Crippen LogP contribution in [0.15, 0.2) is 0 Å². The first-order valence-electron chi connectivity index (χ1n) is 8.31. The number of aliphatic hydroxyl groups excluding tert-OH is 1. The van der Waals surface area contributed by atoms with Gasteiger partial charge in [-0.3, -0.25) is 10.1 Å². The molecule has 0 fully saturated rings. The molecule has 0 bridgehead atoms. The van der Waals surface area contributed by atoms with Crippen LogP contribution in [0.3, 0.4) is 0 Å². The molecule has 10 nitrogen and oxygen atoms in total. The Balaban J connectivity index is 3.16. The molecule has 4 N–H and O–H groups in total. The summed E-state index contributed by atoms with van der Waals surface area (Å²) in [5, 5.41) is 11.6. The zero-order valence-corrected chi connectivity index (χ0v) is 14.9. The van der Waals surface area contributed by atoms with Crippen LogP contribution in [0.25, 0.3) is 0 Å². The standard InChI is InChI=1S/C15H32N2O8/c1-20-15(19)17-4-7-25-14(18)2-5-21-8-10-23-12-13-24-11-9-22-6-3-16/h15,17,19H,2-13,16H2,1H3. The summed E-state index contributed by atoms with van der Waals surface area (Å²) in [4.78, 5) is 11.4. The van der Waals surface area contributed by atoms with E-state index in [0.717, 1.165) is 0 Å². The summed E-state index contributed by atoms with van der Waals surface area (Å²) in [5.41, 5.74) is 5.28. The van der Waals surface area contributed by atoms with E-state index in [0.29, 0.717) is 59.3 Å². The van der Waals surface area contributed by atoms with Crippen LogP contribution >= 0.6 is 0 Å². The van der Waals surface area contributed by atoms with Crippen molar-refractivity contribution in [2.75, 3.05) is 79.7 Å². The Morgan fingerprint density at radius 2 is 1.44 bits per heavy atom.